The van der Waals surface area contributed by atoms with Crippen LogP contribution < -0.4 is 5.32 Å². The van der Waals surface area contributed by atoms with E-state index >= 15 is 0 Å². The number of rotatable bonds is 5. The van der Waals surface area contributed by atoms with Crippen LogP contribution in [0, 0.1) is 12.7 Å². The molecule has 0 aliphatic heterocycles. The lowest BCUT2D eigenvalue weighted by Crippen LogP contribution is -2.32. The zero-order valence-electron chi connectivity index (χ0n) is 11.8. The summed E-state index contributed by atoms with van der Waals surface area (Å²) in [6.07, 6.45) is 0.387. The fraction of sp³-hybridized carbons (Fsp3) is 0.333. The lowest BCUT2D eigenvalue weighted by Gasteiger charge is -2.12. The van der Waals surface area contributed by atoms with Crippen molar-refractivity contribution in [3.8, 4) is 0 Å². The number of aryl methyl sites for hydroxylation is 1. The third-order valence-electron chi connectivity index (χ3n) is 3.28. The van der Waals surface area contributed by atoms with Crippen molar-refractivity contribution in [2.24, 2.45) is 0 Å². The molecule has 1 atom stereocenters. The fourth-order valence-corrected chi connectivity index (χ4v) is 3.25. The number of hydrogen-bond acceptors (Lipinski definition) is 3. The second-order valence-electron chi connectivity index (χ2n) is 5.00. The molecule has 0 bridgehead atoms. The number of halogens is 1. The molecule has 0 aliphatic carbocycles. The molecule has 2 rings (SSSR count). The van der Waals surface area contributed by atoms with Crippen molar-refractivity contribution < 1.29 is 19.1 Å². The van der Waals surface area contributed by atoms with Gasteiger partial charge in [-0.15, -0.1) is 11.3 Å². The summed E-state index contributed by atoms with van der Waals surface area (Å²) in [4.78, 5) is 23.3. The summed E-state index contributed by atoms with van der Waals surface area (Å²) in [5, 5.41) is 12.3. The van der Waals surface area contributed by atoms with Gasteiger partial charge in [0.15, 0.2) is 0 Å². The van der Waals surface area contributed by atoms with Gasteiger partial charge in [0.05, 0.1) is 4.88 Å². The van der Waals surface area contributed by atoms with Crippen LogP contribution in [-0.2, 0) is 4.79 Å². The van der Waals surface area contributed by atoms with Gasteiger partial charge in [-0.05, 0) is 43.4 Å². The number of thiophene rings is 1. The highest BCUT2D eigenvalue weighted by Gasteiger charge is 2.17. The molecule has 0 saturated carbocycles. The molecule has 0 aliphatic rings. The average Bonchev–Trinajstić information content (AvgIpc) is 2.73. The standard InChI is InChI=1S/C15H16FNO3S/c1-8(3-6-13(18)19)17-15(20)14-9(2)11-5-4-10(16)7-12(11)21-14/h4-5,7-8H,3,6H2,1-2H3,(H,17,20)(H,18,19). The Balaban J connectivity index is 2.16. The van der Waals surface area contributed by atoms with E-state index in [0.717, 1.165) is 15.6 Å². The van der Waals surface area contributed by atoms with E-state index in [1.807, 2.05) is 6.92 Å². The predicted octanol–water partition coefficient (Wildman–Crippen LogP) is 3.33. The first-order valence-electron chi connectivity index (χ1n) is 6.59. The minimum Gasteiger partial charge on any atom is -0.481 e. The maximum atomic E-state index is 13.2. The highest BCUT2D eigenvalue weighted by Crippen LogP contribution is 2.31. The molecule has 0 radical (unpaired) electrons. The zero-order chi connectivity index (χ0) is 15.6. The molecular formula is C15H16FNO3S. The van der Waals surface area contributed by atoms with Crippen LogP contribution in [0.2, 0.25) is 0 Å². The summed E-state index contributed by atoms with van der Waals surface area (Å²) < 4.78 is 13.9. The number of carboxylic acids is 1. The monoisotopic (exact) mass is 309 g/mol. The van der Waals surface area contributed by atoms with Gasteiger partial charge < -0.3 is 10.4 Å². The van der Waals surface area contributed by atoms with Crippen molar-refractivity contribution in [3.05, 3.63) is 34.5 Å². The van der Waals surface area contributed by atoms with Crippen molar-refractivity contribution in [2.45, 2.75) is 32.7 Å². The predicted molar refractivity (Wildman–Crippen MR) is 80.3 cm³/mol. The SMILES string of the molecule is Cc1c(C(=O)NC(C)CCC(=O)O)sc2cc(F)ccc12. The van der Waals surface area contributed by atoms with Crippen LogP contribution in [0.25, 0.3) is 10.1 Å². The van der Waals surface area contributed by atoms with Gasteiger partial charge in [0.1, 0.15) is 5.82 Å². The maximum absolute atomic E-state index is 13.2. The van der Waals surface area contributed by atoms with Gasteiger partial charge in [0, 0.05) is 17.2 Å². The number of benzene rings is 1. The fourth-order valence-electron chi connectivity index (χ4n) is 2.12. The average molecular weight is 309 g/mol. The van der Waals surface area contributed by atoms with Gasteiger partial charge >= 0.3 is 5.97 Å². The van der Waals surface area contributed by atoms with Crippen LogP contribution in [0.3, 0.4) is 0 Å². The highest BCUT2D eigenvalue weighted by atomic mass is 32.1. The summed E-state index contributed by atoms with van der Waals surface area (Å²) >= 11 is 1.24. The molecule has 1 aromatic carbocycles. The normalized spacial score (nSPS) is 12.3. The minimum atomic E-state index is -0.885. The number of hydrogen-bond donors (Lipinski definition) is 2. The molecule has 112 valence electrons. The molecule has 0 saturated heterocycles. The molecule has 2 aromatic rings. The molecule has 1 aromatic heterocycles. The summed E-state index contributed by atoms with van der Waals surface area (Å²) in [5.41, 5.74) is 0.818. The van der Waals surface area contributed by atoms with E-state index in [4.69, 9.17) is 5.11 Å². The van der Waals surface area contributed by atoms with E-state index < -0.39 is 5.97 Å². The van der Waals surface area contributed by atoms with Gasteiger partial charge in [-0.2, -0.15) is 0 Å². The van der Waals surface area contributed by atoms with Crippen molar-refractivity contribution in [1.82, 2.24) is 5.32 Å². The Labute approximate surface area is 125 Å². The van der Waals surface area contributed by atoms with Gasteiger partial charge in [-0.25, -0.2) is 4.39 Å². The highest BCUT2D eigenvalue weighted by molar-refractivity contribution is 7.21. The smallest absolute Gasteiger partial charge is 0.303 e. The van der Waals surface area contributed by atoms with Crippen LogP contribution >= 0.6 is 11.3 Å². The Morgan fingerprint density at radius 2 is 2.14 bits per heavy atom. The van der Waals surface area contributed by atoms with Crippen molar-refractivity contribution in [1.29, 1.82) is 0 Å². The lowest BCUT2D eigenvalue weighted by atomic mass is 10.1. The quantitative estimate of drug-likeness (QED) is 0.890. The maximum Gasteiger partial charge on any atom is 0.303 e. The molecule has 0 spiro atoms. The molecule has 4 nitrogen and oxygen atoms in total. The lowest BCUT2D eigenvalue weighted by molar-refractivity contribution is -0.137. The van der Waals surface area contributed by atoms with Gasteiger partial charge in [0.2, 0.25) is 0 Å². The summed E-state index contributed by atoms with van der Waals surface area (Å²) in [5.74, 6) is -1.46. The number of carbonyl (C=O) groups excluding carboxylic acids is 1. The van der Waals surface area contributed by atoms with Gasteiger partial charge in [-0.1, -0.05) is 6.07 Å². The Morgan fingerprint density at radius 1 is 1.43 bits per heavy atom. The van der Waals surface area contributed by atoms with Gasteiger partial charge in [-0.3, -0.25) is 9.59 Å². The van der Waals surface area contributed by atoms with E-state index in [0.29, 0.717) is 11.3 Å². The molecule has 1 heterocycles. The van der Waals surface area contributed by atoms with E-state index in [1.54, 1.807) is 13.0 Å². The number of carboxylic acid groups (broad SMARTS) is 1. The Hall–Kier alpha value is -1.95. The number of carbonyl (C=O) groups is 2. The largest absolute Gasteiger partial charge is 0.481 e. The van der Waals surface area contributed by atoms with Crippen LogP contribution in [0.15, 0.2) is 18.2 Å². The second-order valence-corrected chi connectivity index (χ2v) is 6.06. The van der Waals surface area contributed by atoms with Crippen LogP contribution in [0.1, 0.15) is 35.0 Å². The summed E-state index contributed by atoms with van der Waals surface area (Å²) in [7, 11) is 0. The third-order valence-corrected chi connectivity index (χ3v) is 4.53. The Kier molecular flexibility index (Phi) is 4.57. The number of nitrogens with one attached hydrogen (secondary N) is 1. The molecule has 6 heteroatoms. The Bertz CT molecular complexity index is 696. The second kappa shape index (κ2) is 6.22. The molecule has 21 heavy (non-hydrogen) atoms. The van der Waals surface area contributed by atoms with E-state index in [-0.39, 0.29) is 24.2 Å². The topological polar surface area (TPSA) is 66.4 Å². The van der Waals surface area contributed by atoms with Crippen molar-refractivity contribution in [2.75, 3.05) is 0 Å². The summed E-state index contributed by atoms with van der Waals surface area (Å²) in [6.45, 7) is 3.59. The molecule has 0 fully saturated rings. The Morgan fingerprint density at radius 3 is 2.81 bits per heavy atom. The van der Waals surface area contributed by atoms with Gasteiger partial charge in [0.25, 0.3) is 5.91 Å². The first kappa shape index (κ1) is 15.4. The van der Waals surface area contributed by atoms with Crippen molar-refractivity contribution >= 4 is 33.3 Å². The van der Waals surface area contributed by atoms with Crippen molar-refractivity contribution in [3.63, 3.8) is 0 Å². The number of aliphatic carboxylic acids is 1. The zero-order valence-corrected chi connectivity index (χ0v) is 12.6. The van der Waals surface area contributed by atoms with E-state index in [1.165, 1.54) is 23.5 Å². The first-order chi connectivity index (χ1) is 9.88. The summed E-state index contributed by atoms with van der Waals surface area (Å²) in [6, 6.07) is 4.23. The van der Waals surface area contributed by atoms with Crippen LogP contribution in [-0.4, -0.2) is 23.0 Å². The van der Waals surface area contributed by atoms with Crippen LogP contribution in [0.4, 0.5) is 4.39 Å². The molecular weight excluding hydrogens is 293 g/mol. The third kappa shape index (κ3) is 3.58. The molecule has 2 N–H and O–H groups in total. The van der Waals surface area contributed by atoms with E-state index in [9.17, 15) is 14.0 Å². The van der Waals surface area contributed by atoms with E-state index in [2.05, 4.69) is 5.32 Å². The number of fused-ring (bicyclic) bond motifs is 1. The molecule has 1 amide bonds. The minimum absolute atomic E-state index is 0.0120. The number of amides is 1. The first-order valence-corrected chi connectivity index (χ1v) is 7.41. The molecule has 1 unspecified atom stereocenters. The van der Waals surface area contributed by atoms with Crippen LogP contribution in [0.5, 0.6) is 0 Å².